The van der Waals surface area contributed by atoms with Gasteiger partial charge >= 0.3 is 0 Å². The minimum atomic E-state index is 0.753. The number of benzene rings is 1. The second-order valence-corrected chi connectivity index (χ2v) is 6.10. The van der Waals surface area contributed by atoms with Crippen molar-refractivity contribution in [1.82, 2.24) is 10.2 Å². The van der Waals surface area contributed by atoms with Crippen molar-refractivity contribution in [3.63, 3.8) is 0 Å². The molecular formula is C15H23BrN2O2. The Kier molecular flexibility index (Phi) is 5.69. The van der Waals surface area contributed by atoms with Crippen LogP contribution in [0.15, 0.2) is 16.6 Å². The van der Waals surface area contributed by atoms with Gasteiger partial charge in [0.25, 0.3) is 0 Å². The Balaban J connectivity index is 2.09. The van der Waals surface area contributed by atoms with E-state index in [2.05, 4.69) is 32.2 Å². The molecule has 1 aliphatic heterocycles. The molecule has 1 aromatic carbocycles. The van der Waals surface area contributed by atoms with E-state index in [-0.39, 0.29) is 0 Å². The molecular weight excluding hydrogens is 320 g/mol. The Hall–Kier alpha value is -0.780. The van der Waals surface area contributed by atoms with Gasteiger partial charge in [-0.15, -0.1) is 0 Å². The van der Waals surface area contributed by atoms with Gasteiger partial charge in [-0.2, -0.15) is 0 Å². The molecule has 1 N–H and O–H groups in total. The van der Waals surface area contributed by atoms with Crippen LogP contribution in [-0.2, 0) is 6.54 Å². The van der Waals surface area contributed by atoms with Gasteiger partial charge in [-0.25, -0.2) is 0 Å². The fourth-order valence-corrected chi connectivity index (χ4v) is 3.28. The van der Waals surface area contributed by atoms with Gasteiger partial charge in [0.15, 0.2) is 0 Å². The highest BCUT2D eigenvalue weighted by Crippen LogP contribution is 2.34. The Morgan fingerprint density at radius 1 is 1.30 bits per heavy atom. The molecule has 5 heteroatoms. The van der Waals surface area contributed by atoms with Crippen molar-refractivity contribution in [2.45, 2.75) is 13.0 Å². The van der Waals surface area contributed by atoms with Crippen molar-refractivity contribution in [3.05, 3.63) is 22.2 Å². The summed E-state index contributed by atoms with van der Waals surface area (Å²) in [6.07, 6.45) is 1.26. The number of rotatable bonds is 6. The van der Waals surface area contributed by atoms with Crippen LogP contribution in [-0.4, -0.2) is 45.8 Å². The van der Waals surface area contributed by atoms with E-state index < -0.39 is 0 Å². The van der Waals surface area contributed by atoms with Gasteiger partial charge in [-0.05, 0) is 60.5 Å². The highest BCUT2D eigenvalue weighted by Gasteiger charge is 2.23. The third kappa shape index (κ3) is 3.65. The van der Waals surface area contributed by atoms with Crippen molar-refractivity contribution in [2.75, 3.05) is 40.9 Å². The number of nitrogens with zero attached hydrogens (tertiary/aromatic N) is 1. The SMILES string of the molecule is CNCC1CCN(Cc2cc(OC)c(Br)cc2OC)C1. The first kappa shape index (κ1) is 15.6. The molecule has 20 heavy (non-hydrogen) atoms. The van der Waals surface area contributed by atoms with Crippen LogP contribution in [0.3, 0.4) is 0 Å². The van der Waals surface area contributed by atoms with Crippen LogP contribution in [0.25, 0.3) is 0 Å². The molecule has 1 heterocycles. The Morgan fingerprint density at radius 3 is 2.70 bits per heavy atom. The normalized spacial score (nSPS) is 19.3. The number of likely N-dealkylation sites (tertiary alicyclic amines) is 1. The van der Waals surface area contributed by atoms with E-state index in [4.69, 9.17) is 9.47 Å². The van der Waals surface area contributed by atoms with Crippen LogP contribution >= 0.6 is 15.9 Å². The first-order valence-electron chi connectivity index (χ1n) is 6.95. The summed E-state index contributed by atoms with van der Waals surface area (Å²) in [7, 11) is 5.42. The molecule has 0 aromatic heterocycles. The Bertz CT molecular complexity index is 454. The monoisotopic (exact) mass is 342 g/mol. The predicted molar refractivity (Wildman–Crippen MR) is 84.6 cm³/mol. The average Bonchev–Trinajstić information content (AvgIpc) is 2.88. The van der Waals surface area contributed by atoms with Gasteiger partial charge in [0.05, 0.1) is 18.7 Å². The fourth-order valence-electron chi connectivity index (χ4n) is 2.80. The lowest BCUT2D eigenvalue weighted by molar-refractivity contribution is 0.306. The minimum absolute atomic E-state index is 0.753. The van der Waals surface area contributed by atoms with E-state index in [1.807, 2.05) is 13.1 Å². The summed E-state index contributed by atoms with van der Waals surface area (Å²) in [4.78, 5) is 2.48. The smallest absolute Gasteiger partial charge is 0.133 e. The van der Waals surface area contributed by atoms with Gasteiger partial charge in [0.1, 0.15) is 11.5 Å². The topological polar surface area (TPSA) is 33.7 Å². The second kappa shape index (κ2) is 7.29. The van der Waals surface area contributed by atoms with Gasteiger partial charge < -0.3 is 14.8 Å². The molecule has 0 spiro atoms. The van der Waals surface area contributed by atoms with Crippen LogP contribution in [0.5, 0.6) is 11.5 Å². The van der Waals surface area contributed by atoms with E-state index in [0.717, 1.165) is 48.1 Å². The lowest BCUT2D eigenvalue weighted by Gasteiger charge is -2.19. The molecule has 0 aliphatic carbocycles. The zero-order chi connectivity index (χ0) is 14.5. The van der Waals surface area contributed by atoms with Gasteiger partial charge in [0.2, 0.25) is 0 Å². The maximum absolute atomic E-state index is 5.49. The van der Waals surface area contributed by atoms with Crippen LogP contribution < -0.4 is 14.8 Å². The zero-order valence-electron chi connectivity index (χ0n) is 12.4. The van der Waals surface area contributed by atoms with Crippen LogP contribution in [0, 0.1) is 5.92 Å². The molecule has 1 saturated heterocycles. The van der Waals surface area contributed by atoms with E-state index in [9.17, 15) is 0 Å². The molecule has 1 aromatic rings. The summed E-state index contributed by atoms with van der Waals surface area (Å²) in [5.41, 5.74) is 1.18. The number of halogens is 1. The third-order valence-corrected chi connectivity index (χ3v) is 4.43. The molecule has 0 saturated carbocycles. The van der Waals surface area contributed by atoms with E-state index >= 15 is 0 Å². The van der Waals surface area contributed by atoms with Gasteiger partial charge in [0, 0.05) is 18.7 Å². The summed E-state index contributed by atoms with van der Waals surface area (Å²) in [6, 6.07) is 4.05. The van der Waals surface area contributed by atoms with Crippen molar-refractivity contribution in [2.24, 2.45) is 5.92 Å². The van der Waals surface area contributed by atoms with Gasteiger partial charge in [-0.3, -0.25) is 4.90 Å². The Labute approximate surface area is 129 Å². The fraction of sp³-hybridized carbons (Fsp3) is 0.600. The van der Waals surface area contributed by atoms with Crippen molar-refractivity contribution >= 4 is 15.9 Å². The quantitative estimate of drug-likeness (QED) is 0.861. The lowest BCUT2D eigenvalue weighted by atomic mass is 10.1. The van der Waals surface area contributed by atoms with Crippen LogP contribution in [0.1, 0.15) is 12.0 Å². The number of methoxy groups -OCH3 is 2. The summed E-state index contributed by atoms with van der Waals surface area (Å²) >= 11 is 3.50. The van der Waals surface area contributed by atoms with Crippen molar-refractivity contribution < 1.29 is 9.47 Å². The molecule has 112 valence electrons. The number of hydrogen-bond acceptors (Lipinski definition) is 4. The van der Waals surface area contributed by atoms with Crippen molar-refractivity contribution in [1.29, 1.82) is 0 Å². The molecule has 4 nitrogen and oxygen atoms in total. The zero-order valence-corrected chi connectivity index (χ0v) is 14.0. The van der Waals surface area contributed by atoms with E-state index in [1.165, 1.54) is 12.0 Å². The maximum Gasteiger partial charge on any atom is 0.133 e. The number of nitrogens with one attached hydrogen (secondary N) is 1. The van der Waals surface area contributed by atoms with E-state index in [0.29, 0.717) is 0 Å². The van der Waals surface area contributed by atoms with Crippen LogP contribution in [0.2, 0.25) is 0 Å². The summed E-state index contributed by atoms with van der Waals surface area (Å²) < 4.78 is 11.8. The molecule has 1 atom stereocenters. The van der Waals surface area contributed by atoms with Crippen molar-refractivity contribution in [3.8, 4) is 11.5 Å². The molecule has 0 amide bonds. The van der Waals surface area contributed by atoms with Crippen LogP contribution in [0.4, 0.5) is 0 Å². The lowest BCUT2D eigenvalue weighted by Crippen LogP contribution is -2.24. The molecule has 1 fully saturated rings. The standard InChI is InChI=1S/C15H23BrN2O2/c1-17-8-11-4-5-18(9-11)10-12-6-15(20-3)13(16)7-14(12)19-2/h6-7,11,17H,4-5,8-10H2,1-3H3. The molecule has 1 unspecified atom stereocenters. The first-order valence-corrected chi connectivity index (χ1v) is 7.74. The summed E-state index contributed by atoms with van der Waals surface area (Å²) in [6.45, 7) is 4.29. The highest BCUT2D eigenvalue weighted by atomic mass is 79.9. The molecule has 0 radical (unpaired) electrons. The Morgan fingerprint density at radius 2 is 2.05 bits per heavy atom. The average molecular weight is 343 g/mol. The number of ether oxygens (including phenoxy) is 2. The van der Waals surface area contributed by atoms with E-state index in [1.54, 1.807) is 14.2 Å². The predicted octanol–water partition coefficient (Wildman–Crippen LogP) is 2.51. The molecule has 1 aliphatic rings. The first-order chi connectivity index (χ1) is 9.67. The van der Waals surface area contributed by atoms with Gasteiger partial charge in [-0.1, -0.05) is 0 Å². The summed E-state index contributed by atoms with van der Waals surface area (Å²) in [5, 5.41) is 3.26. The minimum Gasteiger partial charge on any atom is -0.496 e. The second-order valence-electron chi connectivity index (χ2n) is 5.25. The third-order valence-electron chi connectivity index (χ3n) is 3.81. The molecule has 2 rings (SSSR count). The largest absolute Gasteiger partial charge is 0.496 e. The molecule has 0 bridgehead atoms. The number of hydrogen-bond donors (Lipinski definition) is 1. The maximum atomic E-state index is 5.49. The highest BCUT2D eigenvalue weighted by molar-refractivity contribution is 9.10. The summed E-state index contributed by atoms with van der Waals surface area (Å²) in [5.74, 6) is 2.52.